The molecule has 0 spiro atoms. The molecule has 0 aromatic carbocycles. The van der Waals surface area contributed by atoms with E-state index in [9.17, 15) is 4.79 Å². The lowest BCUT2D eigenvalue weighted by Crippen LogP contribution is -2.29. The Balaban J connectivity index is 2.21. The zero-order chi connectivity index (χ0) is 8.81. The molecule has 0 aromatic rings. The Morgan fingerprint density at radius 2 is 2.50 bits per heavy atom. The number of hydrogen-bond acceptors (Lipinski definition) is 5. The first-order valence-corrected chi connectivity index (χ1v) is 3.42. The lowest BCUT2D eigenvalue weighted by Gasteiger charge is -2.15. The van der Waals surface area contributed by atoms with Gasteiger partial charge in [0.15, 0.2) is 0 Å². The van der Waals surface area contributed by atoms with E-state index in [0.29, 0.717) is 13.2 Å². The Morgan fingerprint density at radius 3 is 3.08 bits per heavy atom. The molecule has 6 heteroatoms. The van der Waals surface area contributed by atoms with Crippen molar-refractivity contribution in [2.45, 2.75) is 0 Å². The molecule has 2 N–H and O–H groups in total. The predicted molar refractivity (Wildman–Crippen MR) is 38.7 cm³/mol. The van der Waals surface area contributed by atoms with Crippen LogP contribution in [0.3, 0.4) is 0 Å². The molecular formula is C6H10N2O4. The Bertz CT molecular complexity index is 192. The second kappa shape index (κ2) is 4.32. The molecule has 0 aliphatic carbocycles. The molecule has 1 aliphatic heterocycles. The second-order valence-corrected chi connectivity index (χ2v) is 1.94. The van der Waals surface area contributed by atoms with Gasteiger partial charge in [-0.2, -0.15) is 5.48 Å². The number of rotatable bonds is 2. The highest BCUT2D eigenvalue weighted by Crippen LogP contribution is 1.99. The maximum atomic E-state index is 10.5. The highest BCUT2D eigenvalue weighted by molar-refractivity contribution is 5.66. The average Bonchev–Trinajstić information content (AvgIpc) is 2.16. The number of carbonyl (C=O) groups is 1. The Kier molecular flexibility index (Phi) is 3.06. The number of carbonyl (C=O) groups excluding carboxylic acids is 1. The SMILES string of the molecule is CNC(=O)ONC1=COCCO1. The maximum Gasteiger partial charge on any atom is 0.431 e. The molecule has 1 amide bonds. The minimum atomic E-state index is -0.593. The number of amides is 1. The van der Waals surface area contributed by atoms with Crippen LogP contribution in [0, 0.1) is 0 Å². The number of hydrogen-bond donors (Lipinski definition) is 2. The molecule has 1 heterocycles. The zero-order valence-electron chi connectivity index (χ0n) is 6.62. The fourth-order valence-corrected chi connectivity index (χ4v) is 0.570. The standard InChI is InChI=1S/C6H10N2O4/c1-7-6(9)12-8-5-4-10-2-3-11-5/h4,8H,2-3H2,1H3,(H,7,9). The van der Waals surface area contributed by atoms with Crippen LogP contribution in [0.15, 0.2) is 12.1 Å². The van der Waals surface area contributed by atoms with E-state index in [1.807, 2.05) is 0 Å². The lowest BCUT2D eigenvalue weighted by molar-refractivity contribution is 0.0159. The van der Waals surface area contributed by atoms with Crippen molar-refractivity contribution in [3.8, 4) is 0 Å². The molecule has 0 saturated heterocycles. The summed E-state index contributed by atoms with van der Waals surface area (Å²) in [6.45, 7) is 0.946. The normalized spacial score (nSPS) is 14.9. The summed E-state index contributed by atoms with van der Waals surface area (Å²) in [5.41, 5.74) is 2.27. The van der Waals surface area contributed by atoms with Gasteiger partial charge in [0, 0.05) is 7.05 Å². The first-order valence-electron chi connectivity index (χ1n) is 3.42. The van der Waals surface area contributed by atoms with Crippen molar-refractivity contribution in [2.24, 2.45) is 0 Å². The molecule has 0 unspecified atom stereocenters. The summed E-state index contributed by atoms with van der Waals surface area (Å²) in [6, 6.07) is 0. The molecule has 6 nitrogen and oxygen atoms in total. The van der Waals surface area contributed by atoms with Crippen molar-refractivity contribution in [3.63, 3.8) is 0 Å². The summed E-state index contributed by atoms with van der Waals surface area (Å²) in [5.74, 6) is 0.282. The van der Waals surface area contributed by atoms with Crippen molar-refractivity contribution in [2.75, 3.05) is 20.3 Å². The van der Waals surface area contributed by atoms with Gasteiger partial charge in [0.25, 0.3) is 5.88 Å². The third-order valence-corrected chi connectivity index (χ3v) is 1.10. The van der Waals surface area contributed by atoms with Crippen LogP contribution in [0.4, 0.5) is 4.79 Å². The molecule has 0 fully saturated rings. The highest BCUT2D eigenvalue weighted by Gasteiger charge is 2.06. The maximum absolute atomic E-state index is 10.5. The molecule has 0 atom stereocenters. The summed E-state index contributed by atoms with van der Waals surface area (Å²) < 4.78 is 9.88. The van der Waals surface area contributed by atoms with Gasteiger partial charge in [-0.3, -0.25) is 0 Å². The minimum absolute atomic E-state index is 0.282. The van der Waals surface area contributed by atoms with E-state index in [1.165, 1.54) is 13.3 Å². The van der Waals surface area contributed by atoms with Gasteiger partial charge in [-0.05, 0) is 0 Å². The molecule has 0 radical (unpaired) electrons. The fourth-order valence-electron chi connectivity index (χ4n) is 0.570. The largest absolute Gasteiger partial charge is 0.492 e. The van der Waals surface area contributed by atoms with Crippen LogP contribution < -0.4 is 10.8 Å². The van der Waals surface area contributed by atoms with Gasteiger partial charge in [0.1, 0.15) is 19.5 Å². The summed E-state index contributed by atoms with van der Waals surface area (Å²) in [5, 5.41) is 2.26. The van der Waals surface area contributed by atoms with Crippen molar-refractivity contribution in [3.05, 3.63) is 12.1 Å². The van der Waals surface area contributed by atoms with Gasteiger partial charge >= 0.3 is 6.09 Å². The van der Waals surface area contributed by atoms with Gasteiger partial charge in [-0.15, -0.1) is 0 Å². The number of hydroxylamine groups is 1. The Labute approximate surface area is 69.4 Å². The van der Waals surface area contributed by atoms with Crippen LogP contribution in [-0.4, -0.2) is 26.4 Å². The van der Waals surface area contributed by atoms with Crippen molar-refractivity contribution in [1.29, 1.82) is 0 Å². The van der Waals surface area contributed by atoms with E-state index in [-0.39, 0.29) is 5.88 Å². The zero-order valence-corrected chi connectivity index (χ0v) is 6.62. The Hall–Kier alpha value is -1.59. The van der Waals surface area contributed by atoms with Gasteiger partial charge in [0.2, 0.25) is 0 Å². The quantitative estimate of drug-likeness (QED) is 0.562. The van der Waals surface area contributed by atoms with Gasteiger partial charge < -0.3 is 19.6 Å². The molecular weight excluding hydrogens is 164 g/mol. The van der Waals surface area contributed by atoms with Crippen molar-refractivity contribution in [1.82, 2.24) is 10.8 Å². The van der Waals surface area contributed by atoms with Crippen LogP contribution in [0.5, 0.6) is 0 Å². The predicted octanol–water partition coefficient (Wildman–Crippen LogP) is -0.307. The molecule has 1 rings (SSSR count). The van der Waals surface area contributed by atoms with Crippen molar-refractivity contribution < 1.29 is 19.1 Å². The van der Waals surface area contributed by atoms with E-state index in [4.69, 9.17) is 9.47 Å². The summed E-state index contributed by atoms with van der Waals surface area (Å²) >= 11 is 0. The molecule has 12 heavy (non-hydrogen) atoms. The van der Waals surface area contributed by atoms with E-state index >= 15 is 0 Å². The van der Waals surface area contributed by atoms with Gasteiger partial charge in [0.05, 0.1) is 0 Å². The monoisotopic (exact) mass is 174 g/mol. The lowest BCUT2D eigenvalue weighted by atomic mass is 10.7. The summed E-state index contributed by atoms with van der Waals surface area (Å²) in [4.78, 5) is 15.0. The van der Waals surface area contributed by atoms with Crippen LogP contribution in [0.25, 0.3) is 0 Å². The average molecular weight is 174 g/mol. The first-order chi connectivity index (χ1) is 5.83. The smallest absolute Gasteiger partial charge is 0.431 e. The molecule has 1 aliphatic rings. The number of ether oxygens (including phenoxy) is 2. The third kappa shape index (κ3) is 2.57. The summed E-state index contributed by atoms with van der Waals surface area (Å²) in [6.07, 6.45) is 0.747. The number of nitrogens with one attached hydrogen (secondary N) is 2. The van der Waals surface area contributed by atoms with E-state index in [1.54, 1.807) is 0 Å². The third-order valence-electron chi connectivity index (χ3n) is 1.10. The Morgan fingerprint density at radius 1 is 1.67 bits per heavy atom. The van der Waals surface area contributed by atoms with E-state index in [0.717, 1.165) is 0 Å². The second-order valence-electron chi connectivity index (χ2n) is 1.94. The molecule has 0 bridgehead atoms. The van der Waals surface area contributed by atoms with E-state index in [2.05, 4.69) is 15.6 Å². The molecule has 0 saturated carbocycles. The van der Waals surface area contributed by atoms with Gasteiger partial charge in [-0.1, -0.05) is 0 Å². The van der Waals surface area contributed by atoms with Crippen LogP contribution >= 0.6 is 0 Å². The van der Waals surface area contributed by atoms with E-state index < -0.39 is 6.09 Å². The van der Waals surface area contributed by atoms with Crippen LogP contribution in [0.1, 0.15) is 0 Å². The molecule has 0 aromatic heterocycles. The van der Waals surface area contributed by atoms with Crippen LogP contribution in [-0.2, 0) is 14.3 Å². The summed E-state index contributed by atoms with van der Waals surface area (Å²) in [7, 11) is 1.45. The first kappa shape index (κ1) is 8.51. The fraction of sp³-hybridized carbons (Fsp3) is 0.500. The van der Waals surface area contributed by atoms with Gasteiger partial charge in [-0.25, -0.2) is 4.79 Å². The van der Waals surface area contributed by atoms with Crippen molar-refractivity contribution >= 4 is 6.09 Å². The molecule has 68 valence electrons. The highest BCUT2D eigenvalue weighted by atomic mass is 16.7. The topological polar surface area (TPSA) is 68.8 Å². The minimum Gasteiger partial charge on any atom is -0.492 e. The van der Waals surface area contributed by atoms with Crippen LogP contribution in [0.2, 0.25) is 0 Å².